The zero-order chi connectivity index (χ0) is 25.8. The summed E-state index contributed by atoms with van der Waals surface area (Å²) in [7, 11) is 3.34. The standard InChI is InChI=1S/C26H37FN2O6/c1-15-11-18-19-6-5-16-12-17(28-35-10-8-23(33)29(3)4)7-9-24(16,2)26(19,27)21(31)13-20(18)25(15,34)22(32)14-30/h7,9,12,15,18-21,30-31,34H,5-6,8,10-11,13-14H2,1-4H3/b28-17-/t15-,18+,19+,20?,21+,24+,25-,26+/m1/s1. The van der Waals surface area contributed by atoms with Gasteiger partial charge in [0.25, 0.3) is 0 Å². The molecule has 9 heteroatoms. The van der Waals surface area contributed by atoms with Crippen LogP contribution in [-0.4, -0.2) is 82.3 Å². The number of carbonyl (C=O) groups is 2. The van der Waals surface area contributed by atoms with Crippen LogP contribution in [0.2, 0.25) is 0 Å². The zero-order valence-corrected chi connectivity index (χ0v) is 20.9. The van der Waals surface area contributed by atoms with Crippen molar-refractivity contribution >= 4 is 17.4 Å². The van der Waals surface area contributed by atoms with Crippen molar-refractivity contribution in [2.75, 3.05) is 27.3 Å². The summed E-state index contributed by atoms with van der Waals surface area (Å²) < 4.78 is 17.2. The van der Waals surface area contributed by atoms with E-state index >= 15 is 4.39 Å². The van der Waals surface area contributed by atoms with E-state index in [0.717, 1.165) is 5.57 Å². The number of alkyl halides is 1. The average molecular weight is 493 g/mol. The van der Waals surface area contributed by atoms with Crippen molar-refractivity contribution in [1.82, 2.24) is 4.90 Å². The summed E-state index contributed by atoms with van der Waals surface area (Å²) in [6, 6.07) is 0. The molecule has 0 bridgehead atoms. The molecule has 0 spiro atoms. The number of aliphatic hydroxyl groups is 3. The van der Waals surface area contributed by atoms with Crippen LogP contribution in [-0.2, 0) is 14.4 Å². The lowest BCUT2D eigenvalue weighted by Gasteiger charge is -2.59. The van der Waals surface area contributed by atoms with Crippen molar-refractivity contribution in [1.29, 1.82) is 0 Å². The summed E-state index contributed by atoms with van der Waals surface area (Å²) in [5.74, 6) is -2.52. The smallest absolute Gasteiger partial charge is 0.225 e. The van der Waals surface area contributed by atoms with Gasteiger partial charge in [-0.25, -0.2) is 4.39 Å². The summed E-state index contributed by atoms with van der Waals surface area (Å²) in [6.45, 7) is 2.93. The van der Waals surface area contributed by atoms with E-state index in [9.17, 15) is 24.9 Å². The summed E-state index contributed by atoms with van der Waals surface area (Å²) in [6.07, 6.45) is 5.56. The predicted octanol–water partition coefficient (Wildman–Crippen LogP) is 1.79. The van der Waals surface area contributed by atoms with Gasteiger partial charge in [0, 0.05) is 31.3 Å². The Balaban J connectivity index is 1.57. The summed E-state index contributed by atoms with van der Waals surface area (Å²) in [5, 5.41) is 36.1. The number of Topliss-reactive ketones (excluding diaryl/α,β-unsaturated/α-hetero) is 1. The molecule has 0 aromatic rings. The second-order valence-corrected chi connectivity index (χ2v) is 11.1. The van der Waals surface area contributed by atoms with Crippen LogP contribution < -0.4 is 0 Å². The van der Waals surface area contributed by atoms with Crippen molar-refractivity contribution in [3.8, 4) is 0 Å². The van der Waals surface area contributed by atoms with Gasteiger partial charge in [0.1, 0.15) is 24.5 Å². The Kier molecular flexibility index (Phi) is 6.74. The van der Waals surface area contributed by atoms with Crippen LogP contribution in [0, 0.1) is 29.1 Å². The van der Waals surface area contributed by atoms with Gasteiger partial charge in [-0.15, -0.1) is 0 Å². The highest BCUT2D eigenvalue weighted by atomic mass is 19.1. The maximum atomic E-state index is 17.2. The first-order valence-electron chi connectivity index (χ1n) is 12.4. The number of aliphatic hydroxyl groups excluding tert-OH is 2. The molecule has 194 valence electrons. The van der Waals surface area contributed by atoms with Gasteiger partial charge in [-0.3, -0.25) is 9.59 Å². The van der Waals surface area contributed by atoms with Crippen LogP contribution in [0.5, 0.6) is 0 Å². The topological polar surface area (TPSA) is 120 Å². The van der Waals surface area contributed by atoms with Crippen molar-refractivity contribution < 1.29 is 34.1 Å². The molecule has 0 aromatic carbocycles. The highest BCUT2D eigenvalue weighted by Crippen LogP contribution is 2.66. The number of oxime groups is 1. The lowest BCUT2D eigenvalue weighted by molar-refractivity contribution is -0.191. The molecule has 8 atom stereocenters. The highest BCUT2D eigenvalue weighted by Gasteiger charge is 2.71. The van der Waals surface area contributed by atoms with E-state index in [1.54, 1.807) is 46.2 Å². The fourth-order valence-electron chi connectivity index (χ4n) is 7.26. The Morgan fingerprint density at radius 2 is 2.00 bits per heavy atom. The Bertz CT molecular complexity index is 979. The number of hydrogen-bond donors (Lipinski definition) is 3. The van der Waals surface area contributed by atoms with Crippen LogP contribution >= 0.6 is 0 Å². The SMILES string of the molecule is C[C@@H]1C[C@@H]2C(C[C@H](O)[C@@]3(F)[C@H]2CCC2=C/C(=N\OCCC(=O)N(C)C)C=C[C@@]23C)[C@@]1(O)C(=O)CO. The molecule has 4 aliphatic carbocycles. The number of rotatable bonds is 6. The molecule has 0 aromatic heterocycles. The van der Waals surface area contributed by atoms with Gasteiger partial charge in [-0.05, 0) is 56.6 Å². The van der Waals surface area contributed by atoms with Crippen molar-refractivity contribution in [3.05, 3.63) is 23.8 Å². The molecule has 3 N–H and O–H groups in total. The van der Waals surface area contributed by atoms with Gasteiger partial charge in [-0.1, -0.05) is 23.7 Å². The first-order chi connectivity index (χ1) is 16.4. The number of allylic oxidation sites excluding steroid dienone is 4. The highest BCUT2D eigenvalue weighted by molar-refractivity contribution is 6.05. The molecule has 1 unspecified atom stereocenters. The largest absolute Gasteiger partial charge is 0.395 e. The van der Waals surface area contributed by atoms with Crippen LogP contribution in [0.15, 0.2) is 29.0 Å². The van der Waals surface area contributed by atoms with E-state index < -0.39 is 52.9 Å². The Hall–Kier alpha value is -2.10. The van der Waals surface area contributed by atoms with E-state index in [-0.39, 0.29) is 31.3 Å². The average Bonchev–Trinajstić information content (AvgIpc) is 3.07. The van der Waals surface area contributed by atoms with Crippen LogP contribution in [0.3, 0.4) is 0 Å². The van der Waals surface area contributed by atoms with Crippen LogP contribution in [0.4, 0.5) is 4.39 Å². The van der Waals surface area contributed by atoms with Gasteiger partial charge < -0.3 is 25.1 Å². The number of carbonyl (C=O) groups excluding carboxylic acids is 2. The minimum Gasteiger partial charge on any atom is -0.395 e. The molecule has 3 fully saturated rings. The fourth-order valence-corrected chi connectivity index (χ4v) is 7.26. The molecular weight excluding hydrogens is 455 g/mol. The number of amides is 1. The van der Waals surface area contributed by atoms with Crippen molar-refractivity contribution in [2.24, 2.45) is 34.2 Å². The molecular formula is C26H37FN2O6. The maximum Gasteiger partial charge on any atom is 0.225 e. The van der Waals surface area contributed by atoms with E-state index in [2.05, 4.69) is 5.16 Å². The molecule has 0 heterocycles. The molecule has 35 heavy (non-hydrogen) atoms. The molecule has 4 rings (SSSR count). The normalized spacial score (nSPS) is 43.1. The second-order valence-electron chi connectivity index (χ2n) is 11.1. The Morgan fingerprint density at radius 3 is 2.66 bits per heavy atom. The first-order valence-corrected chi connectivity index (χ1v) is 12.4. The third-order valence-corrected chi connectivity index (χ3v) is 9.24. The molecule has 4 aliphatic rings. The molecule has 0 saturated heterocycles. The van der Waals surface area contributed by atoms with Gasteiger partial charge in [0.15, 0.2) is 11.5 Å². The van der Waals surface area contributed by atoms with Gasteiger partial charge in [0.05, 0.1) is 12.5 Å². The van der Waals surface area contributed by atoms with Crippen molar-refractivity contribution in [2.45, 2.75) is 63.3 Å². The van der Waals surface area contributed by atoms with Crippen LogP contribution in [0.25, 0.3) is 0 Å². The molecule has 0 radical (unpaired) electrons. The second kappa shape index (κ2) is 9.09. The number of nitrogens with zero attached hydrogens (tertiary/aromatic N) is 2. The third-order valence-electron chi connectivity index (χ3n) is 9.24. The Morgan fingerprint density at radius 1 is 1.29 bits per heavy atom. The van der Waals surface area contributed by atoms with E-state index in [1.807, 2.05) is 0 Å². The monoisotopic (exact) mass is 492 g/mol. The molecule has 3 saturated carbocycles. The van der Waals surface area contributed by atoms with E-state index in [4.69, 9.17) is 4.84 Å². The van der Waals surface area contributed by atoms with Crippen LogP contribution in [0.1, 0.15) is 46.0 Å². The predicted molar refractivity (Wildman–Crippen MR) is 127 cm³/mol. The summed E-state index contributed by atoms with van der Waals surface area (Å²) >= 11 is 0. The molecule has 0 aliphatic heterocycles. The molecule has 8 nitrogen and oxygen atoms in total. The van der Waals surface area contributed by atoms with Gasteiger partial charge in [0.2, 0.25) is 5.91 Å². The minimum atomic E-state index is -1.97. The lowest BCUT2D eigenvalue weighted by atomic mass is 9.48. The number of ketones is 1. The lowest BCUT2D eigenvalue weighted by Crippen LogP contribution is -2.66. The third kappa shape index (κ3) is 3.78. The van der Waals surface area contributed by atoms with E-state index in [1.165, 1.54) is 4.90 Å². The quantitative estimate of drug-likeness (QED) is 0.384. The van der Waals surface area contributed by atoms with Crippen molar-refractivity contribution in [3.63, 3.8) is 0 Å². The number of hydrogen-bond acceptors (Lipinski definition) is 7. The fraction of sp³-hybridized carbons (Fsp3) is 0.731. The minimum absolute atomic E-state index is 0.0368. The number of fused-ring (bicyclic) bond motifs is 5. The van der Waals surface area contributed by atoms with Gasteiger partial charge >= 0.3 is 0 Å². The summed E-state index contributed by atoms with van der Waals surface area (Å²) in [5.41, 5.74) is -3.43. The zero-order valence-electron chi connectivity index (χ0n) is 20.9. The van der Waals surface area contributed by atoms with Gasteiger partial charge in [-0.2, -0.15) is 0 Å². The summed E-state index contributed by atoms with van der Waals surface area (Å²) in [4.78, 5) is 31.0. The number of halogens is 1. The molecule has 1 amide bonds. The Labute approximate surface area is 205 Å². The van der Waals surface area contributed by atoms with E-state index in [0.29, 0.717) is 25.0 Å². The maximum absolute atomic E-state index is 17.2. The first kappa shape index (κ1) is 26.0.